The molecule has 2 heterocycles. The van der Waals surface area contributed by atoms with Crippen molar-refractivity contribution in [2.24, 2.45) is 5.10 Å². The van der Waals surface area contributed by atoms with Gasteiger partial charge in [0.25, 0.3) is 5.88 Å². The van der Waals surface area contributed by atoms with Crippen LogP contribution in [0.5, 0.6) is 0 Å². The lowest BCUT2D eigenvalue weighted by molar-refractivity contribution is 0.587. The van der Waals surface area contributed by atoms with Gasteiger partial charge in [-0.1, -0.05) is 17.7 Å². The van der Waals surface area contributed by atoms with Gasteiger partial charge in [-0.25, -0.2) is 5.43 Å². The fourth-order valence-electron chi connectivity index (χ4n) is 1.91. The van der Waals surface area contributed by atoms with Crippen LogP contribution >= 0.6 is 0 Å². The molecule has 0 aliphatic heterocycles. The summed E-state index contributed by atoms with van der Waals surface area (Å²) in [6.45, 7) is 2.00. The molecule has 0 saturated heterocycles. The number of benzene rings is 1. The van der Waals surface area contributed by atoms with Crippen molar-refractivity contribution in [3.8, 4) is 17.5 Å². The van der Waals surface area contributed by atoms with Gasteiger partial charge in [0.15, 0.2) is 0 Å². The van der Waals surface area contributed by atoms with Crippen molar-refractivity contribution in [2.75, 3.05) is 5.43 Å². The fraction of sp³-hybridized carbons (Fsp3) is 0.0588. The second-order valence-corrected chi connectivity index (χ2v) is 4.83. The first-order valence-corrected chi connectivity index (χ1v) is 6.93. The van der Waals surface area contributed by atoms with E-state index >= 15 is 0 Å². The zero-order valence-corrected chi connectivity index (χ0v) is 12.4. The minimum Gasteiger partial charge on any atom is -0.417 e. The zero-order valence-electron chi connectivity index (χ0n) is 12.4. The molecule has 0 spiro atoms. The Morgan fingerprint density at radius 3 is 2.61 bits per heavy atom. The molecule has 6 nitrogen and oxygen atoms in total. The van der Waals surface area contributed by atoms with Crippen LogP contribution < -0.4 is 5.43 Å². The Labute approximate surface area is 133 Å². The van der Waals surface area contributed by atoms with E-state index in [1.807, 2.05) is 49.4 Å². The molecule has 3 rings (SSSR count). The van der Waals surface area contributed by atoms with Crippen LogP contribution in [0.4, 0.5) is 5.88 Å². The molecular weight excluding hydrogens is 290 g/mol. The molecule has 0 radical (unpaired) electrons. The van der Waals surface area contributed by atoms with Gasteiger partial charge in [-0.3, -0.25) is 4.98 Å². The van der Waals surface area contributed by atoms with E-state index in [2.05, 4.69) is 20.5 Å². The molecule has 2 aromatic heterocycles. The zero-order chi connectivity index (χ0) is 16.1. The summed E-state index contributed by atoms with van der Waals surface area (Å²) in [5.41, 5.74) is 5.69. The standard InChI is InChI=1S/C17H13N5O/c1-12-2-4-14(5-3-12)16-21-15(10-18)17(23-16)22-20-11-13-6-8-19-9-7-13/h2-9,11,22H,1H3/b20-11-. The SMILES string of the molecule is Cc1ccc(-c2nc(C#N)c(N/N=C\c3ccncc3)o2)cc1. The number of oxazole rings is 1. The number of hydrogen-bond donors (Lipinski definition) is 1. The predicted octanol–water partition coefficient (Wildman–Crippen LogP) is 3.36. The highest BCUT2D eigenvalue weighted by Crippen LogP contribution is 2.25. The molecule has 0 aliphatic carbocycles. The second-order valence-electron chi connectivity index (χ2n) is 4.83. The molecule has 0 bridgehead atoms. The van der Waals surface area contributed by atoms with Gasteiger partial charge in [0.05, 0.1) is 6.21 Å². The third-order valence-electron chi connectivity index (χ3n) is 3.12. The van der Waals surface area contributed by atoms with Gasteiger partial charge in [0, 0.05) is 18.0 Å². The van der Waals surface area contributed by atoms with Crippen molar-refractivity contribution < 1.29 is 4.42 Å². The van der Waals surface area contributed by atoms with Crippen LogP contribution in [-0.4, -0.2) is 16.2 Å². The minimum absolute atomic E-state index is 0.160. The number of pyridine rings is 1. The van der Waals surface area contributed by atoms with Crippen LogP contribution in [0.2, 0.25) is 0 Å². The van der Waals surface area contributed by atoms with Crippen LogP contribution in [0, 0.1) is 18.3 Å². The highest BCUT2D eigenvalue weighted by molar-refractivity contribution is 5.79. The number of anilines is 1. The molecule has 6 heteroatoms. The Kier molecular flexibility index (Phi) is 4.11. The van der Waals surface area contributed by atoms with Crippen LogP contribution in [0.15, 0.2) is 58.3 Å². The molecule has 1 N–H and O–H groups in total. The Bertz CT molecular complexity index is 860. The lowest BCUT2D eigenvalue weighted by Crippen LogP contribution is -1.91. The number of nitrogens with zero attached hydrogens (tertiary/aromatic N) is 4. The lowest BCUT2D eigenvalue weighted by Gasteiger charge is -1.96. The van der Waals surface area contributed by atoms with E-state index in [1.165, 1.54) is 0 Å². The molecule has 0 fully saturated rings. The van der Waals surface area contributed by atoms with Gasteiger partial charge in [-0.2, -0.15) is 15.3 Å². The molecule has 0 unspecified atom stereocenters. The van der Waals surface area contributed by atoms with Crippen molar-refractivity contribution in [2.45, 2.75) is 6.92 Å². The smallest absolute Gasteiger partial charge is 0.252 e. The van der Waals surface area contributed by atoms with E-state index in [0.717, 1.165) is 16.7 Å². The maximum atomic E-state index is 9.17. The molecule has 0 saturated carbocycles. The summed E-state index contributed by atoms with van der Waals surface area (Å²) in [7, 11) is 0. The number of aromatic nitrogens is 2. The average molecular weight is 303 g/mol. The summed E-state index contributed by atoms with van der Waals surface area (Å²) in [4.78, 5) is 8.11. The van der Waals surface area contributed by atoms with Crippen molar-refractivity contribution in [3.63, 3.8) is 0 Å². The molecular formula is C17H13N5O. The van der Waals surface area contributed by atoms with E-state index in [0.29, 0.717) is 5.89 Å². The third-order valence-corrected chi connectivity index (χ3v) is 3.12. The Balaban J connectivity index is 1.81. The summed E-state index contributed by atoms with van der Waals surface area (Å²) in [5.74, 6) is 0.594. The second kappa shape index (κ2) is 6.54. The molecule has 1 aromatic carbocycles. The van der Waals surface area contributed by atoms with Crippen LogP contribution in [0.25, 0.3) is 11.5 Å². The molecule has 3 aromatic rings. The monoisotopic (exact) mass is 303 g/mol. The van der Waals surface area contributed by atoms with Crippen molar-refractivity contribution in [3.05, 3.63) is 65.6 Å². The van der Waals surface area contributed by atoms with Gasteiger partial charge < -0.3 is 4.42 Å². The number of aryl methyl sites for hydroxylation is 1. The number of hydrazone groups is 1. The topological polar surface area (TPSA) is 87.1 Å². The maximum Gasteiger partial charge on any atom is 0.252 e. The Hall–Kier alpha value is -3.46. The van der Waals surface area contributed by atoms with Gasteiger partial charge in [-0.05, 0) is 36.8 Å². The maximum absolute atomic E-state index is 9.17. The van der Waals surface area contributed by atoms with Gasteiger partial charge >= 0.3 is 0 Å². The number of nitrogens with one attached hydrogen (secondary N) is 1. The van der Waals surface area contributed by atoms with Gasteiger partial charge in [-0.15, -0.1) is 0 Å². The fourth-order valence-corrected chi connectivity index (χ4v) is 1.91. The van der Waals surface area contributed by atoms with E-state index in [9.17, 15) is 0 Å². The predicted molar refractivity (Wildman–Crippen MR) is 86.8 cm³/mol. The quantitative estimate of drug-likeness (QED) is 0.590. The summed E-state index contributed by atoms with van der Waals surface area (Å²) >= 11 is 0. The van der Waals surface area contributed by atoms with E-state index in [4.69, 9.17) is 9.68 Å². The first kappa shape index (κ1) is 14.5. The van der Waals surface area contributed by atoms with Crippen LogP contribution in [0.3, 0.4) is 0 Å². The minimum atomic E-state index is 0.160. The lowest BCUT2D eigenvalue weighted by atomic mass is 10.1. The van der Waals surface area contributed by atoms with E-state index < -0.39 is 0 Å². The normalized spacial score (nSPS) is 10.6. The van der Waals surface area contributed by atoms with Crippen molar-refractivity contribution in [1.29, 1.82) is 5.26 Å². The van der Waals surface area contributed by atoms with Crippen LogP contribution in [0.1, 0.15) is 16.8 Å². The summed E-state index contributed by atoms with van der Waals surface area (Å²) in [6.07, 6.45) is 4.95. The van der Waals surface area contributed by atoms with Crippen LogP contribution in [-0.2, 0) is 0 Å². The highest BCUT2D eigenvalue weighted by Gasteiger charge is 2.13. The first-order valence-electron chi connectivity index (χ1n) is 6.93. The third kappa shape index (κ3) is 3.41. The number of hydrogen-bond acceptors (Lipinski definition) is 6. The molecule has 0 aliphatic rings. The first-order chi connectivity index (χ1) is 11.3. The highest BCUT2D eigenvalue weighted by atomic mass is 16.4. The molecule has 0 amide bonds. The molecule has 0 atom stereocenters. The van der Waals surface area contributed by atoms with Gasteiger partial charge in [0.1, 0.15) is 6.07 Å². The summed E-state index contributed by atoms with van der Waals surface area (Å²) in [5, 5.41) is 13.2. The summed E-state index contributed by atoms with van der Waals surface area (Å²) < 4.78 is 5.60. The Morgan fingerprint density at radius 2 is 1.91 bits per heavy atom. The Morgan fingerprint density at radius 1 is 1.17 bits per heavy atom. The van der Waals surface area contributed by atoms with Gasteiger partial charge in [0.2, 0.25) is 11.6 Å². The number of nitriles is 1. The largest absolute Gasteiger partial charge is 0.417 e. The summed E-state index contributed by atoms with van der Waals surface area (Å²) in [6, 6.07) is 13.3. The number of rotatable bonds is 4. The molecule has 23 heavy (non-hydrogen) atoms. The van der Waals surface area contributed by atoms with E-state index in [-0.39, 0.29) is 11.6 Å². The molecule has 112 valence electrons. The van der Waals surface area contributed by atoms with Crippen molar-refractivity contribution in [1.82, 2.24) is 9.97 Å². The van der Waals surface area contributed by atoms with E-state index in [1.54, 1.807) is 18.6 Å². The van der Waals surface area contributed by atoms with Crippen molar-refractivity contribution >= 4 is 12.1 Å². The average Bonchev–Trinajstić information content (AvgIpc) is 3.00.